The van der Waals surface area contributed by atoms with E-state index in [9.17, 15) is 9.59 Å². The molecular weight excluding hydrogens is 358 g/mol. The monoisotopic (exact) mass is 387 g/mol. The molecule has 1 aliphatic heterocycles. The third-order valence-corrected chi connectivity index (χ3v) is 4.89. The molecule has 0 atom stereocenters. The Labute approximate surface area is 165 Å². The Kier molecular flexibility index (Phi) is 6.24. The zero-order valence-corrected chi connectivity index (χ0v) is 17.1. The third-order valence-electron chi connectivity index (χ3n) is 4.89. The van der Waals surface area contributed by atoms with Crippen LogP contribution in [0.25, 0.3) is 11.0 Å². The molecule has 1 aliphatic rings. The molecule has 7 nitrogen and oxygen atoms in total. The average molecular weight is 387 g/mol. The molecule has 2 aromatic rings. The van der Waals surface area contributed by atoms with E-state index in [0.29, 0.717) is 50.7 Å². The summed E-state index contributed by atoms with van der Waals surface area (Å²) in [7, 11) is 0. The first-order valence-corrected chi connectivity index (χ1v) is 9.86. The summed E-state index contributed by atoms with van der Waals surface area (Å²) in [5.41, 5.74) is 1.52. The molecule has 0 bridgehead atoms. The van der Waals surface area contributed by atoms with Crippen molar-refractivity contribution >= 4 is 22.8 Å². The van der Waals surface area contributed by atoms with Crippen molar-refractivity contribution in [1.82, 2.24) is 15.1 Å². The van der Waals surface area contributed by atoms with Crippen LogP contribution in [0, 0.1) is 6.92 Å². The van der Waals surface area contributed by atoms with Gasteiger partial charge in [-0.2, -0.15) is 0 Å². The second kappa shape index (κ2) is 8.65. The number of ether oxygens (including phenoxy) is 1. The first-order chi connectivity index (χ1) is 13.4. The lowest BCUT2D eigenvalue weighted by molar-refractivity contribution is -0.123. The molecule has 2 heterocycles. The van der Waals surface area contributed by atoms with Crippen LogP contribution in [-0.4, -0.2) is 67.0 Å². The molecule has 1 fully saturated rings. The van der Waals surface area contributed by atoms with Gasteiger partial charge in [0.2, 0.25) is 5.91 Å². The number of furan rings is 1. The number of hydrogen-bond acceptors (Lipinski definition) is 5. The zero-order valence-electron chi connectivity index (χ0n) is 17.1. The average Bonchev–Trinajstić information content (AvgIpc) is 2.98. The van der Waals surface area contributed by atoms with Crippen LogP contribution in [0.1, 0.15) is 36.9 Å². The van der Waals surface area contributed by atoms with E-state index in [-0.39, 0.29) is 17.9 Å². The maximum Gasteiger partial charge on any atom is 0.289 e. The van der Waals surface area contributed by atoms with Crippen LogP contribution in [0.2, 0.25) is 0 Å². The number of rotatable bonds is 6. The molecule has 3 rings (SSSR count). The number of benzene rings is 1. The fourth-order valence-electron chi connectivity index (χ4n) is 3.48. The number of fused-ring (bicyclic) bond motifs is 1. The van der Waals surface area contributed by atoms with Crippen molar-refractivity contribution in [2.45, 2.75) is 33.7 Å². The van der Waals surface area contributed by atoms with E-state index in [4.69, 9.17) is 9.15 Å². The third kappa shape index (κ3) is 4.47. The summed E-state index contributed by atoms with van der Waals surface area (Å²) >= 11 is 0. The van der Waals surface area contributed by atoms with Crippen LogP contribution in [0.15, 0.2) is 22.6 Å². The van der Waals surface area contributed by atoms with Gasteiger partial charge in [-0.25, -0.2) is 0 Å². The number of piperazine rings is 1. The number of carbonyl (C=O) groups is 2. The molecule has 0 radical (unpaired) electrons. The van der Waals surface area contributed by atoms with Crippen LogP contribution >= 0.6 is 0 Å². The van der Waals surface area contributed by atoms with Crippen molar-refractivity contribution in [2.75, 3.05) is 39.3 Å². The number of amides is 2. The van der Waals surface area contributed by atoms with E-state index in [1.807, 2.05) is 45.9 Å². The Hall–Kier alpha value is -2.54. The standard InChI is InChI=1S/C21H29N3O4/c1-5-27-16-6-7-18-17(12-16)15(4)20(28-18)21(26)24-10-8-23(9-11-24)13-19(25)22-14(2)3/h6-7,12,14H,5,8-11,13H2,1-4H3,(H,22,25). The molecule has 152 valence electrons. The number of aryl methyl sites for hydroxylation is 1. The molecule has 28 heavy (non-hydrogen) atoms. The molecule has 1 N–H and O–H groups in total. The highest BCUT2D eigenvalue weighted by molar-refractivity contribution is 5.99. The van der Waals surface area contributed by atoms with Crippen molar-refractivity contribution in [3.05, 3.63) is 29.5 Å². The number of hydrogen-bond donors (Lipinski definition) is 1. The van der Waals surface area contributed by atoms with Gasteiger partial charge < -0.3 is 19.4 Å². The summed E-state index contributed by atoms with van der Waals surface area (Å²) in [6.45, 7) is 11.2. The van der Waals surface area contributed by atoms with Gasteiger partial charge in [0.15, 0.2) is 5.76 Å². The fourth-order valence-corrected chi connectivity index (χ4v) is 3.48. The topological polar surface area (TPSA) is 75.0 Å². The number of carbonyl (C=O) groups excluding carboxylic acids is 2. The fraction of sp³-hybridized carbons (Fsp3) is 0.524. The quantitative estimate of drug-likeness (QED) is 0.824. The zero-order chi connectivity index (χ0) is 20.3. The molecule has 1 saturated heterocycles. The second-order valence-corrected chi connectivity index (χ2v) is 7.44. The van der Waals surface area contributed by atoms with E-state index >= 15 is 0 Å². The molecule has 0 aliphatic carbocycles. The minimum Gasteiger partial charge on any atom is -0.494 e. The summed E-state index contributed by atoms with van der Waals surface area (Å²) < 4.78 is 11.4. The Morgan fingerprint density at radius 3 is 2.57 bits per heavy atom. The molecule has 7 heteroatoms. The molecule has 2 amide bonds. The maximum absolute atomic E-state index is 13.0. The largest absolute Gasteiger partial charge is 0.494 e. The first-order valence-electron chi connectivity index (χ1n) is 9.86. The SMILES string of the molecule is CCOc1ccc2oc(C(=O)N3CCN(CC(=O)NC(C)C)CC3)c(C)c2c1. The highest BCUT2D eigenvalue weighted by Crippen LogP contribution is 2.29. The van der Waals surface area contributed by atoms with Crippen molar-refractivity contribution in [2.24, 2.45) is 0 Å². The van der Waals surface area contributed by atoms with Gasteiger partial charge in [-0.15, -0.1) is 0 Å². The predicted octanol–water partition coefficient (Wildman–Crippen LogP) is 2.42. The molecule has 1 aromatic heterocycles. The van der Waals surface area contributed by atoms with Gasteiger partial charge in [0.1, 0.15) is 11.3 Å². The highest BCUT2D eigenvalue weighted by Gasteiger charge is 2.27. The van der Waals surface area contributed by atoms with Crippen molar-refractivity contribution in [3.8, 4) is 5.75 Å². The minimum atomic E-state index is -0.0991. The van der Waals surface area contributed by atoms with Crippen LogP contribution in [0.5, 0.6) is 5.75 Å². The molecule has 0 unspecified atom stereocenters. The van der Waals surface area contributed by atoms with Gasteiger partial charge in [-0.3, -0.25) is 14.5 Å². The van der Waals surface area contributed by atoms with E-state index < -0.39 is 0 Å². The lowest BCUT2D eigenvalue weighted by Crippen LogP contribution is -2.51. The Morgan fingerprint density at radius 1 is 1.21 bits per heavy atom. The van der Waals surface area contributed by atoms with E-state index in [2.05, 4.69) is 10.2 Å². The Bertz CT molecular complexity index is 851. The van der Waals surface area contributed by atoms with E-state index in [0.717, 1.165) is 16.7 Å². The van der Waals surface area contributed by atoms with Crippen LogP contribution in [0.3, 0.4) is 0 Å². The van der Waals surface area contributed by atoms with E-state index in [1.165, 1.54) is 0 Å². The van der Waals surface area contributed by atoms with E-state index in [1.54, 1.807) is 4.90 Å². The predicted molar refractivity (Wildman–Crippen MR) is 108 cm³/mol. The van der Waals surface area contributed by atoms with Gasteiger partial charge in [0.25, 0.3) is 5.91 Å². The van der Waals surface area contributed by atoms with Gasteiger partial charge in [-0.1, -0.05) is 0 Å². The van der Waals surface area contributed by atoms with Crippen molar-refractivity contribution in [1.29, 1.82) is 0 Å². The smallest absolute Gasteiger partial charge is 0.289 e. The highest BCUT2D eigenvalue weighted by atomic mass is 16.5. The summed E-state index contributed by atoms with van der Waals surface area (Å²) in [6, 6.07) is 5.74. The molecule has 0 spiro atoms. The van der Waals surface area contributed by atoms with Crippen molar-refractivity contribution < 1.29 is 18.7 Å². The lowest BCUT2D eigenvalue weighted by Gasteiger charge is -2.34. The van der Waals surface area contributed by atoms with Crippen LogP contribution in [0.4, 0.5) is 0 Å². The lowest BCUT2D eigenvalue weighted by atomic mass is 10.1. The van der Waals surface area contributed by atoms with Gasteiger partial charge in [-0.05, 0) is 45.9 Å². The normalized spacial score (nSPS) is 15.2. The molecule has 0 saturated carbocycles. The molecular formula is C21H29N3O4. The van der Waals surface area contributed by atoms with Crippen molar-refractivity contribution in [3.63, 3.8) is 0 Å². The summed E-state index contributed by atoms with van der Waals surface area (Å²) in [5.74, 6) is 1.08. The van der Waals surface area contributed by atoms with Crippen LogP contribution < -0.4 is 10.1 Å². The van der Waals surface area contributed by atoms with Gasteiger partial charge in [0.05, 0.1) is 13.2 Å². The molecule has 1 aromatic carbocycles. The number of nitrogens with one attached hydrogen (secondary N) is 1. The maximum atomic E-state index is 13.0. The summed E-state index contributed by atoms with van der Waals surface area (Å²) in [5, 5.41) is 3.80. The summed E-state index contributed by atoms with van der Waals surface area (Å²) in [6.07, 6.45) is 0. The second-order valence-electron chi connectivity index (χ2n) is 7.44. The first kappa shape index (κ1) is 20.2. The summed E-state index contributed by atoms with van der Waals surface area (Å²) in [4.78, 5) is 28.8. The Balaban J connectivity index is 1.65. The Morgan fingerprint density at radius 2 is 1.93 bits per heavy atom. The number of nitrogens with zero attached hydrogens (tertiary/aromatic N) is 2. The van der Waals surface area contributed by atoms with Crippen LogP contribution in [-0.2, 0) is 4.79 Å². The van der Waals surface area contributed by atoms with Gasteiger partial charge >= 0.3 is 0 Å². The minimum absolute atomic E-state index is 0.0213. The van der Waals surface area contributed by atoms with Gasteiger partial charge in [0, 0.05) is 43.2 Å².